The molecule has 5 nitrogen and oxygen atoms in total. The fraction of sp³-hybridized carbons (Fsp3) is 0.150. The van der Waals surface area contributed by atoms with Crippen molar-refractivity contribution in [1.29, 1.82) is 0 Å². The van der Waals surface area contributed by atoms with E-state index in [0.717, 1.165) is 22.3 Å². The van der Waals surface area contributed by atoms with Crippen molar-refractivity contribution in [2.45, 2.75) is 13.8 Å². The second-order valence-electron chi connectivity index (χ2n) is 5.69. The average Bonchev–Trinajstić information content (AvgIpc) is 2.62. The Morgan fingerprint density at radius 1 is 1.15 bits per heavy atom. The van der Waals surface area contributed by atoms with Gasteiger partial charge < -0.3 is 10.1 Å². The molecule has 1 amide bonds. The number of aryl methyl sites for hydroxylation is 1. The highest BCUT2D eigenvalue weighted by Gasteiger charge is 2.10. The number of amides is 1. The maximum atomic E-state index is 12.4. The van der Waals surface area contributed by atoms with E-state index in [0.29, 0.717) is 17.9 Å². The molecule has 0 fully saturated rings. The molecule has 0 atom stereocenters. The maximum Gasteiger partial charge on any atom is 0.257 e. The summed E-state index contributed by atoms with van der Waals surface area (Å²) in [6.45, 7) is 4.38. The molecule has 26 heavy (non-hydrogen) atoms. The fourth-order valence-electron chi connectivity index (χ4n) is 2.59. The summed E-state index contributed by atoms with van der Waals surface area (Å²) >= 11 is 5.29. The number of benzene rings is 2. The van der Waals surface area contributed by atoms with Gasteiger partial charge in [0.2, 0.25) is 0 Å². The number of carbonyl (C=O) groups is 1. The van der Waals surface area contributed by atoms with E-state index in [1.807, 2.05) is 50.2 Å². The van der Waals surface area contributed by atoms with Gasteiger partial charge in [-0.1, -0.05) is 12.1 Å². The number of nitrogens with zero attached hydrogens (tertiary/aromatic N) is 1. The summed E-state index contributed by atoms with van der Waals surface area (Å²) in [6, 6.07) is 16.6. The van der Waals surface area contributed by atoms with Gasteiger partial charge in [-0.3, -0.25) is 15.1 Å². The van der Waals surface area contributed by atoms with Gasteiger partial charge in [-0.25, -0.2) is 0 Å². The summed E-state index contributed by atoms with van der Waals surface area (Å²) in [5.74, 6) is 0.354. The van der Waals surface area contributed by atoms with Crippen LogP contribution < -0.4 is 15.4 Å². The van der Waals surface area contributed by atoms with Crippen LogP contribution in [0.3, 0.4) is 0 Å². The standard InChI is InChI=1S/C20H19N3O2S/c1-3-25-15-7-4-6-14(12-15)19(24)23-20(26)22-18-9-5-8-17-16(18)11-10-13(2)21-17/h4-12H,3H2,1-2H3,(H2,22,23,24,26). The summed E-state index contributed by atoms with van der Waals surface area (Å²) in [4.78, 5) is 16.9. The summed E-state index contributed by atoms with van der Waals surface area (Å²) in [5, 5.41) is 6.93. The molecule has 0 unspecified atom stereocenters. The van der Waals surface area contributed by atoms with Crippen LogP contribution in [0, 0.1) is 6.92 Å². The molecular formula is C20H19N3O2S. The normalized spacial score (nSPS) is 10.4. The van der Waals surface area contributed by atoms with E-state index in [4.69, 9.17) is 17.0 Å². The van der Waals surface area contributed by atoms with Crippen molar-refractivity contribution in [2.75, 3.05) is 11.9 Å². The SMILES string of the molecule is CCOc1cccc(C(=O)NC(=S)Nc2cccc3nc(C)ccc23)c1. The number of aromatic nitrogens is 1. The first-order chi connectivity index (χ1) is 12.6. The van der Waals surface area contributed by atoms with Crippen LogP contribution in [0.4, 0.5) is 5.69 Å². The molecular weight excluding hydrogens is 346 g/mol. The summed E-state index contributed by atoms with van der Waals surface area (Å²) in [6.07, 6.45) is 0. The second kappa shape index (κ2) is 7.93. The number of fused-ring (bicyclic) bond motifs is 1. The zero-order valence-electron chi connectivity index (χ0n) is 14.6. The summed E-state index contributed by atoms with van der Waals surface area (Å²) in [5.41, 5.74) is 3.09. The number of rotatable bonds is 4. The molecule has 1 heterocycles. The first-order valence-corrected chi connectivity index (χ1v) is 8.69. The lowest BCUT2D eigenvalue weighted by Crippen LogP contribution is -2.34. The molecule has 0 spiro atoms. The van der Waals surface area contributed by atoms with Crippen LogP contribution in [0.5, 0.6) is 5.75 Å². The summed E-state index contributed by atoms with van der Waals surface area (Å²) in [7, 11) is 0. The lowest BCUT2D eigenvalue weighted by Gasteiger charge is -2.12. The second-order valence-corrected chi connectivity index (χ2v) is 6.10. The van der Waals surface area contributed by atoms with Gasteiger partial charge in [0.25, 0.3) is 5.91 Å². The highest BCUT2D eigenvalue weighted by atomic mass is 32.1. The maximum absolute atomic E-state index is 12.4. The number of nitrogens with one attached hydrogen (secondary N) is 2. The van der Waals surface area contributed by atoms with E-state index in [1.54, 1.807) is 18.2 Å². The monoisotopic (exact) mass is 365 g/mol. The Morgan fingerprint density at radius 2 is 1.96 bits per heavy atom. The molecule has 1 aromatic heterocycles. The van der Waals surface area contributed by atoms with E-state index >= 15 is 0 Å². The lowest BCUT2D eigenvalue weighted by molar-refractivity contribution is 0.0977. The predicted octanol–water partition coefficient (Wildman–Crippen LogP) is 4.07. The minimum atomic E-state index is -0.293. The van der Waals surface area contributed by atoms with Gasteiger partial charge >= 0.3 is 0 Å². The predicted molar refractivity (Wildman–Crippen MR) is 108 cm³/mol. The summed E-state index contributed by atoms with van der Waals surface area (Å²) < 4.78 is 5.42. The van der Waals surface area contributed by atoms with E-state index in [1.165, 1.54) is 0 Å². The Hall–Kier alpha value is -2.99. The van der Waals surface area contributed by atoms with Gasteiger partial charge in [-0.05, 0) is 68.5 Å². The fourth-order valence-corrected chi connectivity index (χ4v) is 2.79. The van der Waals surface area contributed by atoms with E-state index in [-0.39, 0.29) is 11.0 Å². The topological polar surface area (TPSA) is 63.2 Å². The zero-order valence-corrected chi connectivity index (χ0v) is 15.4. The highest BCUT2D eigenvalue weighted by molar-refractivity contribution is 7.80. The third kappa shape index (κ3) is 4.15. The first kappa shape index (κ1) is 17.8. The molecule has 6 heteroatoms. The van der Waals surface area contributed by atoms with Crippen molar-refractivity contribution in [1.82, 2.24) is 10.3 Å². The molecule has 0 aliphatic heterocycles. The van der Waals surface area contributed by atoms with E-state index in [2.05, 4.69) is 15.6 Å². The van der Waals surface area contributed by atoms with E-state index in [9.17, 15) is 4.79 Å². The van der Waals surface area contributed by atoms with Gasteiger partial charge in [0.1, 0.15) is 5.75 Å². The van der Waals surface area contributed by atoms with Gasteiger partial charge in [-0.2, -0.15) is 0 Å². The molecule has 0 saturated heterocycles. The number of pyridine rings is 1. The molecule has 132 valence electrons. The number of carbonyl (C=O) groups excluding carboxylic acids is 1. The highest BCUT2D eigenvalue weighted by Crippen LogP contribution is 2.22. The molecule has 0 radical (unpaired) electrons. The Morgan fingerprint density at radius 3 is 2.77 bits per heavy atom. The number of ether oxygens (including phenoxy) is 1. The Balaban J connectivity index is 1.73. The molecule has 0 aliphatic carbocycles. The van der Waals surface area contributed by atoms with Crippen molar-refractivity contribution in [2.24, 2.45) is 0 Å². The van der Waals surface area contributed by atoms with Crippen molar-refractivity contribution in [3.05, 3.63) is 65.9 Å². The minimum Gasteiger partial charge on any atom is -0.494 e. The van der Waals surface area contributed by atoms with Gasteiger partial charge in [0.15, 0.2) is 5.11 Å². The van der Waals surface area contributed by atoms with Crippen LogP contribution >= 0.6 is 12.2 Å². The molecule has 3 rings (SSSR count). The molecule has 0 saturated carbocycles. The quantitative estimate of drug-likeness (QED) is 0.683. The van der Waals surface area contributed by atoms with Crippen LogP contribution in [0.1, 0.15) is 23.0 Å². The number of hydrogen-bond donors (Lipinski definition) is 2. The number of thiocarbonyl (C=S) groups is 1. The molecule has 3 aromatic rings. The van der Waals surface area contributed by atoms with Crippen LogP contribution in [0.2, 0.25) is 0 Å². The third-order valence-corrected chi connectivity index (χ3v) is 3.96. The molecule has 0 bridgehead atoms. The van der Waals surface area contributed by atoms with Crippen molar-refractivity contribution in [3.8, 4) is 5.75 Å². The third-order valence-electron chi connectivity index (χ3n) is 3.75. The molecule has 2 N–H and O–H groups in total. The Labute approximate surface area is 157 Å². The molecule has 0 aliphatic rings. The van der Waals surface area contributed by atoms with Crippen molar-refractivity contribution in [3.63, 3.8) is 0 Å². The first-order valence-electron chi connectivity index (χ1n) is 8.28. The van der Waals surface area contributed by atoms with Crippen molar-refractivity contribution < 1.29 is 9.53 Å². The number of anilines is 1. The smallest absolute Gasteiger partial charge is 0.257 e. The largest absolute Gasteiger partial charge is 0.494 e. The van der Waals surface area contributed by atoms with Crippen LogP contribution in [-0.2, 0) is 0 Å². The van der Waals surface area contributed by atoms with Crippen molar-refractivity contribution >= 4 is 39.8 Å². The zero-order chi connectivity index (χ0) is 18.5. The van der Waals surface area contributed by atoms with Crippen LogP contribution in [-0.4, -0.2) is 22.6 Å². The minimum absolute atomic E-state index is 0.227. The average molecular weight is 365 g/mol. The van der Waals surface area contributed by atoms with Gasteiger partial charge in [-0.15, -0.1) is 0 Å². The van der Waals surface area contributed by atoms with Gasteiger partial charge in [0.05, 0.1) is 12.1 Å². The molecule has 2 aromatic carbocycles. The van der Waals surface area contributed by atoms with Gasteiger partial charge in [0, 0.05) is 22.3 Å². The lowest BCUT2D eigenvalue weighted by atomic mass is 10.1. The van der Waals surface area contributed by atoms with E-state index < -0.39 is 0 Å². The Bertz CT molecular complexity index is 972. The van der Waals surface area contributed by atoms with Crippen LogP contribution in [0.15, 0.2) is 54.6 Å². The Kier molecular flexibility index (Phi) is 5.43. The number of hydrogen-bond acceptors (Lipinski definition) is 4. The van der Waals surface area contributed by atoms with Crippen LogP contribution in [0.25, 0.3) is 10.9 Å².